The van der Waals surface area contributed by atoms with Gasteiger partial charge in [0.25, 0.3) is 5.91 Å². The number of hydrogen-bond acceptors (Lipinski definition) is 6. The Morgan fingerprint density at radius 2 is 2.17 bits per heavy atom. The number of nitrogens with one attached hydrogen (secondary N) is 2. The first-order valence-corrected chi connectivity index (χ1v) is 10.1. The topological polar surface area (TPSA) is 89.3 Å². The van der Waals surface area contributed by atoms with Gasteiger partial charge in [-0.25, -0.2) is 13.8 Å². The molecule has 1 fully saturated rings. The molecule has 0 spiro atoms. The molecule has 1 amide bonds. The Morgan fingerprint density at radius 1 is 1.31 bits per heavy atom. The maximum absolute atomic E-state index is 15.1. The van der Waals surface area contributed by atoms with Gasteiger partial charge in [0.2, 0.25) is 0 Å². The molecule has 1 saturated heterocycles. The van der Waals surface area contributed by atoms with E-state index in [1.807, 2.05) is 0 Å². The number of nitrogens with zero attached hydrogens (tertiary/aromatic N) is 1. The fourth-order valence-electron chi connectivity index (χ4n) is 3.80. The van der Waals surface area contributed by atoms with Crippen LogP contribution in [-0.2, 0) is 11.3 Å². The first-order valence-electron chi connectivity index (χ1n) is 9.31. The molecule has 1 aromatic carbocycles. The number of hydrogen-bond donors (Lipinski definition) is 3. The second-order valence-corrected chi connectivity index (χ2v) is 8.31. The summed E-state index contributed by atoms with van der Waals surface area (Å²) in [6, 6.07) is 5.81. The summed E-state index contributed by atoms with van der Waals surface area (Å²) in [7, 11) is 0. The average Bonchev–Trinajstić information content (AvgIpc) is 3.29. The van der Waals surface area contributed by atoms with Gasteiger partial charge in [0, 0.05) is 35.5 Å². The van der Waals surface area contributed by atoms with Crippen LogP contribution in [0.5, 0.6) is 0 Å². The number of carbonyl (C=O) groups is 1. The first-order chi connectivity index (χ1) is 14.0. The van der Waals surface area contributed by atoms with Gasteiger partial charge < -0.3 is 21.1 Å². The molecule has 0 aliphatic carbocycles. The summed E-state index contributed by atoms with van der Waals surface area (Å²) in [5.74, 6) is -1.18. The predicted molar refractivity (Wildman–Crippen MR) is 107 cm³/mol. The third-order valence-corrected chi connectivity index (χ3v) is 6.44. The number of ether oxygens (including phenoxy) is 1. The Hall–Kier alpha value is -2.62. The fraction of sp³-hybridized carbons (Fsp3) is 0.300. The molecular weight excluding hydrogens is 398 g/mol. The Balaban J connectivity index is 1.63. The molecule has 0 radical (unpaired) electrons. The lowest BCUT2D eigenvalue weighted by Gasteiger charge is -2.30. The van der Waals surface area contributed by atoms with Crippen molar-refractivity contribution in [2.45, 2.75) is 25.0 Å². The maximum Gasteiger partial charge on any atom is 0.254 e. The summed E-state index contributed by atoms with van der Waals surface area (Å²) in [6.07, 6.45) is 0.633. The minimum Gasteiger partial charge on any atom is -0.380 e. The molecule has 5 rings (SSSR count). The van der Waals surface area contributed by atoms with E-state index in [0.29, 0.717) is 35.6 Å². The number of amides is 1. The summed E-state index contributed by atoms with van der Waals surface area (Å²) in [5, 5.41) is 6.49. The minimum atomic E-state index is -0.548. The zero-order chi connectivity index (χ0) is 20.1. The number of halogens is 2. The summed E-state index contributed by atoms with van der Waals surface area (Å²) >= 11 is 1.38. The van der Waals surface area contributed by atoms with E-state index in [4.69, 9.17) is 10.5 Å². The molecule has 2 atom stereocenters. The molecule has 2 aliphatic heterocycles. The highest BCUT2D eigenvalue weighted by molar-refractivity contribution is 7.22. The molecule has 6 nitrogen and oxygen atoms in total. The summed E-state index contributed by atoms with van der Waals surface area (Å²) in [5.41, 5.74) is 7.00. The highest BCUT2D eigenvalue weighted by Crippen LogP contribution is 2.39. The number of anilines is 1. The largest absolute Gasteiger partial charge is 0.380 e. The summed E-state index contributed by atoms with van der Waals surface area (Å²) < 4.78 is 34.9. The van der Waals surface area contributed by atoms with Crippen LogP contribution in [0.2, 0.25) is 0 Å². The van der Waals surface area contributed by atoms with Crippen LogP contribution in [0.25, 0.3) is 20.7 Å². The lowest BCUT2D eigenvalue weighted by Crippen LogP contribution is -2.48. The van der Waals surface area contributed by atoms with Crippen LogP contribution in [-0.4, -0.2) is 36.2 Å². The number of thiophene rings is 1. The van der Waals surface area contributed by atoms with E-state index in [1.54, 1.807) is 12.1 Å². The van der Waals surface area contributed by atoms with Gasteiger partial charge in [0.05, 0.1) is 22.7 Å². The quantitative estimate of drug-likeness (QED) is 0.611. The van der Waals surface area contributed by atoms with Gasteiger partial charge in [0.15, 0.2) is 11.6 Å². The van der Waals surface area contributed by atoms with E-state index in [-0.39, 0.29) is 47.3 Å². The van der Waals surface area contributed by atoms with Crippen LogP contribution in [0, 0.1) is 11.6 Å². The van der Waals surface area contributed by atoms with E-state index in [1.165, 1.54) is 23.5 Å². The molecule has 2 unspecified atom stereocenters. The normalized spacial score (nSPS) is 21.3. The number of nitrogens with two attached hydrogens (primary N) is 1. The molecule has 0 saturated carbocycles. The zero-order valence-electron chi connectivity index (χ0n) is 15.3. The van der Waals surface area contributed by atoms with Crippen molar-refractivity contribution in [3.63, 3.8) is 0 Å². The highest BCUT2D eigenvalue weighted by atomic mass is 32.1. The molecule has 2 aliphatic rings. The van der Waals surface area contributed by atoms with Gasteiger partial charge in [-0.1, -0.05) is 0 Å². The Bertz CT molecular complexity index is 1130. The van der Waals surface area contributed by atoms with Crippen molar-refractivity contribution in [2.75, 3.05) is 18.5 Å². The van der Waals surface area contributed by atoms with Crippen LogP contribution in [0.3, 0.4) is 0 Å². The van der Waals surface area contributed by atoms with Crippen LogP contribution >= 0.6 is 11.3 Å². The molecular formula is C20H18F2N4O2S. The second kappa shape index (κ2) is 7.01. The van der Waals surface area contributed by atoms with Crippen molar-refractivity contribution in [2.24, 2.45) is 5.73 Å². The number of benzene rings is 1. The molecule has 2 aromatic heterocycles. The van der Waals surface area contributed by atoms with Crippen molar-refractivity contribution in [3.05, 3.63) is 47.0 Å². The van der Waals surface area contributed by atoms with E-state index in [0.717, 1.165) is 4.70 Å². The Kier molecular flexibility index (Phi) is 4.45. The predicted octanol–water partition coefficient (Wildman–Crippen LogP) is 3.01. The molecule has 3 aromatic rings. The first kappa shape index (κ1) is 18.4. The van der Waals surface area contributed by atoms with Gasteiger partial charge in [-0.15, -0.1) is 11.3 Å². The van der Waals surface area contributed by atoms with Crippen LogP contribution < -0.4 is 16.4 Å². The van der Waals surface area contributed by atoms with Gasteiger partial charge >= 0.3 is 0 Å². The second-order valence-electron chi connectivity index (χ2n) is 7.23. The van der Waals surface area contributed by atoms with E-state index >= 15 is 4.39 Å². The van der Waals surface area contributed by atoms with Crippen LogP contribution in [0.15, 0.2) is 24.3 Å². The lowest BCUT2D eigenvalue weighted by molar-refractivity contribution is 0.0751. The number of fused-ring (bicyclic) bond motifs is 2. The van der Waals surface area contributed by atoms with Gasteiger partial charge in [-0.05, 0) is 36.1 Å². The van der Waals surface area contributed by atoms with Crippen molar-refractivity contribution in [3.8, 4) is 10.6 Å². The average molecular weight is 416 g/mol. The number of carbonyl (C=O) groups excluding carboxylic acids is 1. The Morgan fingerprint density at radius 3 is 3.00 bits per heavy atom. The smallest absolute Gasteiger partial charge is 0.254 e. The van der Waals surface area contributed by atoms with Crippen molar-refractivity contribution < 1.29 is 18.3 Å². The standard InChI is InChI=1S/C20H18F2N4O2S/c21-10-1-2-14-9(5-10)6-15(29-14)18-16-11(7-24-20(16)27)17(22)19(26-18)25-13-3-4-28-8-12(13)23/h1-2,5-6,12-13H,3-4,7-8,23H2,(H,24,27)(H,25,26). The van der Waals surface area contributed by atoms with Gasteiger partial charge in [-0.3, -0.25) is 4.79 Å². The highest BCUT2D eigenvalue weighted by Gasteiger charge is 2.32. The van der Waals surface area contributed by atoms with Gasteiger partial charge in [0.1, 0.15) is 5.82 Å². The van der Waals surface area contributed by atoms with Crippen molar-refractivity contribution >= 4 is 33.1 Å². The Labute approximate surface area is 169 Å². The molecule has 29 heavy (non-hydrogen) atoms. The summed E-state index contributed by atoms with van der Waals surface area (Å²) in [6.45, 7) is 1.02. The molecule has 4 N–H and O–H groups in total. The third-order valence-electron chi connectivity index (χ3n) is 5.32. The van der Waals surface area contributed by atoms with Crippen LogP contribution in [0.1, 0.15) is 22.3 Å². The van der Waals surface area contributed by atoms with Crippen molar-refractivity contribution in [1.29, 1.82) is 0 Å². The van der Waals surface area contributed by atoms with E-state index in [9.17, 15) is 9.18 Å². The molecule has 9 heteroatoms. The zero-order valence-corrected chi connectivity index (χ0v) is 16.1. The molecule has 0 bridgehead atoms. The van der Waals surface area contributed by atoms with Crippen LogP contribution in [0.4, 0.5) is 14.6 Å². The van der Waals surface area contributed by atoms with E-state index in [2.05, 4.69) is 15.6 Å². The SMILES string of the molecule is NC1COCCC1Nc1nc(-c2cc3cc(F)ccc3s2)c2c(c1F)CNC2=O. The molecule has 4 heterocycles. The number of rotatable bonds is 3. The summed E-state index contributed by atoms with van der Waals surface area (Å²) in [4.78, 5) is 17.6. The monoisotopic (exact) mass is 416 g/mol. The van der Waals surface area contributed by atoms with Gasteiger partial charge in [-0.2, -0.15) is 0 Å². The number of aromatic nitrogens is 1. The van der Waals surface area contributed by atoms with Crippen molar-refractivity contribution in [1.82, 2.24) is 10.3 Å². The fourth-order valence-corrected chi connectivity index (χ4v) is 4.84. The van der Waals surface area contributed by atoms with E-state index < -0.39 is 5.82 Å². The maximum atomic E-state index is 15.1. The minimum absolute atomic E-state index is 0.0706. The molecule has 150 valence electrons. The third kappa shape index (κ3) is 3.15. The lowest BCUT2D eigenvalue weighted by atomic mass is 10.0. The number of pyridine rings is 1.